The quantitative estimate of drug-likeness (QED) is 0.482. The fourth-order valence-corrected chi connectivity index (χ4v) is 2.60. The number of rotatable bonds is 7. The van der Waals surface area contributed by atoms with E-state index in [1.165, 1.54) is 13.2 Å². The number of hydrogen-bond donors (Lipinski definition) is 1. The van der Waals surface area contributed by atoms with Crippen LogP contribution in [-0.4, -0.2) is 18.0 Å². The van der Waals surface area contributed by atoms with Crippen molar-refractivity contribution in [2.75, 3.05) is 7.11 Å². The number of carbonyl (C=O) groups excluding carboxylic acids is 1. The molecule has 4 nitrogen and oxygen atoms in total. The van der Waals surface area contributed by atoms with Crippen LogP contribution in [0.5, 0.6) is 17.2 Å². The Morgan fingerprint density at radius 3 is 2.44 bits per heavy atom. The van der Waals surface area contributed by atoms with Crippen molar-refractivity contribution in [1.29, 1.82) is 0 Å². The third-order valence-electron chi connectivity index (χ3n) is 4.02. The Labute approximate surface area is 158 Å². The summed E-state index contributed by atoms with van der Waals surface area (Å²) in [5.41, 5.74) is 2.22. The summed E-state index contributed by atoms with van der Waals surface area (Å²) in [6.07, 6.45) is 3.11. The van der Waals surface area contributed by atoms with Crippen molar-refractivity contribution in [2.24, 2.45) is 0 Å². The minimum Gasteiger partial charge on any atom is -0.504 e. The molecule has 0 fully saturated rings. The summed E-state index contributed by atoms with van der Waals surface area (Å²) in [7, 11) is 1.49. The van der Waals surface area contributed by atoms with Gasteiger partial charge in [0, 0.05) is 0 Å². The van der Waals surface area contributed by atoms with Gasteiger partial charge in [-0.1, -0.05) is 54.6 Å². The molecule has 0 unspecified atom stereocenters. The second-order valence-corrected chi connectivity index (χ2v) is 5.90. The molecule has 0 heterocycles. The van der Waals surface area contributed by atoms with Crippen LogP contribution >= 0.6 is 0 Å². The lowest BCUT2D eigenvalue weighted by Crippen LogP contribution is -2.02. The van der Waals surface area contributed by atoms with Crippen LogP contribution in [-0.2, 0) is 6.61 Å². The van der Waals surface area contributed by atoms with Crippen LogP contribution in [0.3, 0.4) is 0 Å². The molecule has 0 aliphatic heterocycles. The Morgan fingerprint density at radius 2 is 1.70 bits per heavy atom. The van der Waals surface area contributed by atoms with Gasteiger partial charge in [0.05, 0.1) is 12.7 Å². The number of para-hydroxylation sites is 1. The zero-order valence-electron chi connectivity index (χ0n) is 15.0. The minimum absolute atomic E-state index is 0.0266. The van der Waals surface area contributed by atoms with Crippen LogP contribution in [0.2, 0.25) is 0 Å². The van der Waals surface area contributed by atoms with Crippen molar-refractivity contribution in [3.05, 3.63) is 95.6 Å². The third kappa shape index (κ3) is 4.76. The van der Waals surface area contributed by atoms with E-state index in [0.29, 0.717) is 29.2 Å². The van der Waals surface area contributed by atoms with Gasteiger partial charge >= 0.3 is 0 Å². The predicted molar refractivity (Wildman–Crippen MR) is 105 cm³/mol. The number of carbonyl (C=O) groups is 1. The SMILES string of the molecule is COc1ccc(/C=C\C(=O)c2ccccc2OCc2ccccc2)cc1O. The molecule has 0 spiro atoms. The van der Waals surface area contributed by atoms with E-state index < -0.39 is 0 Å². The molecule has 0 aliphatic rings. The number of hydrogen-bond acceptors (Lipinski definition) is 4. The van der Waals surface area contributed by atoms with Gasteiger partial charge in [0.2, 0.25) is 0 Å². The van der Waals surface area contributed by atoms with E-state index in [-0.39, 0.29) is 11.5 Å². The summed E-state index contributed by atoms with van der Waals surface area (Å²) in [6, 6.07) is 21.9. The van der Waals surface area contributed by atoms with E-state index in [0.717, 1.165) is 5.56 Å². The van der Waals surface area contributed by atoms with Crippen LogP contribution < -0.4 is 9.47 Å². The Morgan fingerprint density at radius 1 is 0.963 bits per heavy atom. The summed E-state index contributed by atoms with van der Waals surface area (Å²) >= 11 is 0. The number of ketones is 1. The second kappa shape index (κ2) is 8.72. The van der Waals surface area contributed by atoms with E-state index in [9.17, 15) is 9.90 Å². The topological polar surface area (TPSA) is 55.8 Å². The van der Waals surface area contributed by atoms with Crippen LogP contribution in [0.4, 0.5) is 0 Å². The number of benzene rings is 3. The molecule has 3 aromatic carbocycles. The highest BCUT2D eigenvalue weighted by Crippen LogP contribution is 2.27. The molecule has 4 heteroatoms. The largest absolute Gasteiger partial charge is 0.504 e. The Bertz CT molecular complexity index is 946. The molecular formula is C23H20O4. The highest BCUT2D eigenvalue weighted by Gasteiger charge is 2.10. The first-order valence-corrected chi connectivity index (χ1v) is 8.52. The van der Waals surface area contributed by atoms with Crippen molar-refractivity contribution in [3.63, 3.8) is 0 Å². The third-order valence-corrected chi connectivity index (χ3v) is 4.02. The average molecular weight is 360 g/mol. The first-order chi connectivity index (χ1) is 13.2. The molecule has 0 aliphatic carbocycles. The maximum Gasteiger partial charge on any atom is 0.189 e. The standard InChI is InChI=1S/C23H20O4/c1-26-23-14-12-17(15-21(23)25)11-13-20(24)19-9-5-6-10-22(19)27-16-18-7-3-2-4-8-18/h2-15,25H,16H2,1H3/b13-11-. The number of phenolic OH excluding ortho intramolecular Hbond substituents is 1. The van der Waals surface area contributed by atoms with Crippen molar-refractivity contribution in [3.8, 4) is 17.2 Å². The van der Waals surface area contributed by atoms with Crippen molar-refractivity contribution in [2.45, 2.75) is 6.61 Å². The fourth-order valence-electron chi connectivity index (χ4n) is 2.60. The first kappa shape index (κ1) is 18.3. The van der Waals surface area contributed by atoms with Gasteiger partial charge in [-0.15, -0.1) is 0 Å². The second-order valence-electron chi connectivity index (χ2n) is 5.90. The summed E-state index contributed by atoms with van der Waals surface area (Å²) in [5.74, 6) is 0.777. The van der Waals surface area contributed by atoms with Crippen LogP contribution in [0, 0.1) is 0 Å². The van der Waals surface area contributed by atoms with Crippen LogP contribution in [0.15, 0.2) is 78.9 Å². The molecule has 0 radical (unpaired) electrons. The molecule has 27 heavy (non-hydrogen) atoms. The zero-order valence-corrected chi connectivity index (χ0v) is 15.0. The lowest BCUT2D eigenvalue weighted by molar-refractivity contribution is 0.104. The Kier molecular flexibility index (Phi) is 5.90. The lowest BCUT2D eigenvalue weighted by atomic mass is 10.1. The Hall–Kier alpha value is -3.53. The highest BCUT2D eigenvalue weighted by atomic mass is 16.5. The zero-order chi connectivity index (χ0) is 19.1. The van der Waals surface area contributed by atoms with Gasteiger partial charge in [0.25, 0.3) is 0 Å². The normalized spacial score (nSPS) is 10.7. The van der Waals surface area contributed by atoms with E-state index in [2.05, 4.69) is 0 Å². The molecule has 3 rings (SSSR count). The van der Waals surface area contributed by atoms with Gasteiger partial charge in [-0.05, 0) is 41.5 Å². The van der Waals surface area contributed by atoms with E-state index in [4.69, 9.17) is 9.47 Å². The lowest BCUT2D eigenvalue weighted by Gasteiger charge is -2.09. The fraction of sp³-hybridized carbons (Fsp3) is 0.0870. The monoisotopic (exact) mass is 360 g/mol. The van der Waals surface area contributed by atoms with Gasteiger partial charge in [0.15, 0.2) is 17.3 Å². The molecule has 0 bridgehead atoms. The van der Waals surface area contributed by atoms with Gasteiger partial charge < -0.3 is 14.6 Å². The van der Waals surface area contributed by atoms with Gasteiger partial charge in [-0.2, -0.15) is 0 Å². The van der Waals surface area contributed by atoms with Gasteiger partial charge in [-0.25, -0.2) is 0 Å². The van der Waals surface area contributed by atoms with Crippen molar-refractivity contribution in [1.82, 2.24) is 0 Å². The summed E-state index contributed by atoms with van der Waals surface area (Å²) in [4.78, 5) is 12.6. The molecule has 1 N–H and O–H groups in total. The number of phenols is 1. The van der Waals surface area contributed by atoms with Crippen molar-refractivity contribution >= 4 is 11.9 Å². The summed E-state index contributed by atoms with van der Waals surface area (Å²) in [5, 5.41) is 9.83. The molecule has 0 saturated carbocycles. The molecule has 0 atom stereocenters. The number of ether oxygens (including phenoxy) is 2. The van der Waals surface area contributed by atoms with E-state index in [1.807, 2.05) is 36.4 Å². The number of aromatic hydroxyl groups is 1. The maximum absolute atomic E-state index is 12.6. The first-order valence-electron chi connectivity index (χ1n) is 8.52. The van der Waals surface area contributed by atoms with E-state index >= 15 is 0 Å². The molecule has 0 saturated heterocycles. The number of allylic oxidation sites excluding steroid dienone is 1. The molecule has 3 aromatic rings. The van der Waals surface area contributed by atoms with Crippen LogP contribution in [0.1, 0.15) is 21.5 Å². The molecule has 136 valence electrons. The molecule has 0 amide bonds. The number of methoxy groups -OCH3 is 1. The average Bonchev–Trinajstić information content (AvgIpc) is 2.71. The van der Waals surface area contributed by atoms with Crippen LogP contribution in [0.25, 0.3) is 6.08 Å². The summed E-state index contributed by atoms with van der Waals surface area (Å²) < 4.78 is 10.9. The van der Waals surface area contributed by atoms with Gasteiger partial charge in [-0.3, -0.25) is 4.79 Å². The Balaban J connectivity index is 1.74. The highest BCUT2D eigenvalue weighted by molar-refractivity contribution is 6.08. The molecular weight excluding hydrogens is 340 g/mol. The van der Waals surface area contributed by atoms with E-state index in [1.54, 1.807) is 42.5 Å². The maximum atomic E-state index is 12.6. The molecule has 0 aromatic heterocycles. The van der Waals surface area contributed by atoms with Gasteiger partial charge in [0.1, 0.15) is 12.4 Å². The predicted octanol–water partition coefficient (Wildman–Crippen LogP) is 4.88. The smallest absolute Gasteiger partial charge is 0.189 e. The minimum atomic E-state index is -0.172. The summed E-state index contributed by atoms with van der Waals surface area (Å²) in [6.45, 7) is 0.390. The van der Waals surface area contributed by atoms with Crippen molar-refractivity contribution < 1.29 is 19.4 Å².